The van der Waals surface area contributed by atoms with E-state index in [1.807, 2.05) is 25.1 Å². The lowest BCUT2D eigenvalue weighted by molar-refractivity contribution is -0.0775. The summed E-state index contributed by atoms with van der Waals surface area (Å²) in [7, 11) is -2.05. The number of sulfonamides is 1. The highest BCUT2D eigenvalue weighted by atomic mass is 32.2. The van der Waals surface area contributed by atoms with Gasteiger partial charge in [0, 0.05) is 43.2 Å². The van der Waals surface area contributed by atoms with E-state index >= 15 is 0 Å². The number of aryl methyl sites for hydroxylation is 1. The van der Waals surface area contributed by atoms with Gasteiger partial charge in [0.1, 0.15) is 4.90 Å². The standard InChI is InChI=1S/C18H22N2O4S/c1-11-8-12-4-3-6-19-16(12)15(9-11)25(21,22)20-17-13-5-7-24-18(13)14(17)10-23-2/h3-4,6,8-9,13-14,17-18,20H,5,7,10H2,1-2H3/t13-,14-,17-,18-/m0/s1. The third kappa shape index (κ3) is 2.85. The van der Waals surface area contributed by atoms with E-state index in [1.54, 1.807) is 19.4 Å². The van der Waals surface area contributed by atoms with Gasteiger partial charge in [0.2, 0.25) is 10.0 Å². The number of hydrogen-bond donors (Lipinski definition) is 1. The largest absolute Gasteiger partial charge is 0.384 e. The summed E-state index contributed by atoms with van der Waals surface area (Å²) >= 11 is 0. The fourth-order valence-electron chi connectivity index (χ4n) is 4.14. The summed E-state index contributed by atoms with van der Waals surface area (Å²) in [4.78, 5) is 4.53. The minimum Gasteiger partial charge on any atom is -0.384 e. The van der Waals surface area contributed by atoms with Crippen LogP contribution in [-0.2, 0) is 19.5 Å². The highest BCUT2D eigenvalue weighted by molar-refractivity contribution is 7.89. The van der Waals surface area contributed by atoms with Crippen LogP contribution in [0.2, 0.25) is 0 Å². The molecule has 134 valence electrons. The summed E-state index contributed by atoms with van der Waals surface area (Å²) in [5.74, 6) is 0.273. The number of rotatable bonds is 5. The Bertz CT molecular complexity index is 899. The average molecular weight is 362 g/mol. The van der Waals surface area contributed by atoms with Crippen molar-refractivity contribution in [3.05, 3.63) is 36.0 Å². The summed E-state index contributed by atoms with van der Waals surface area (Å²) in [5.41, 5.74) is 1.40. The Morgan fingerprint density at radius 1 is 1.40 bits per heavy atom. The second kappa shape index (κ2) is 6.32. The van der Waals surface area contributed by atoms with Crippen molar-refractivity contribution >= 4 is 20.9 Å². The number of ether oxygens (including phenoxy) is 2. The van der Waals surface area contributed by atoms with Crippen molar-refractivity contribution in [3.63, 3.8) is 0 Å². The van der Waals surface area contributed by atoms with Crippen molar-refractivity contribution in [1.29, 1.82) is 0 Å². The maximum absolute atomic E-state index is 13.1. The van der Waals surface area contributed by atoms with Crippen LogP contribution in [0, 0.1) is 18.8 Å². The topological polar surface area (TPSA) is 77.5 Å². The molecule has 4 atom stereocenters. The molecule has 0 radical (unpaired) electrons. The van der Waals surface area contributed by atoms with Crippen LogP contribution in [0.1, 0.15) is 12.0 Å². The van der Waals surface area contributed by atoms with Crippen LogP contribution in [0.25, 0.3) is 10.9 Å². The maximum atomic E-state index is 13.1. The van der Waals surface area contributed by atoms with Gasteiger partial charge in [-0.2, -0.15) is 0 Å². The predicted octanol–water partition coefficient (Wildman–Crippen LogP) is 1.87. The first-order chi connectivity index (χ1) is 12.0. The number of benzene rings is 1. The molecule has 1 saturated heterocycles. The second-order valence-corrected chi connectivity index (χ2v) is 8.57. The number of fused-ring (bicyclic) bond motifs is 2. The number of hydrogen-bond acceptors (Lipinski definition) is 5. The van der Waals surface area contributed by atoms with Crippen molar-refractivity contribution in [3.8, 4) is 0 Å². The number of nitrogens with one attached hydrogen (secondary N) is 1. The molecule has 1 aliphatic carbocycles. The quantitative estimate of drug-likeness (QED) is 0.879. The fourth-order valence-corrected chi connectivity index (χ4v) is 5.75. The monoisotopic (exact) mass is 362 g/mol. The average Bonchev–Trinajstić information content (AvgIpc) is 3.01. The van der Waals surface area contributed by atoms with Gasteiger partial charge in [0.25, 0.3) is 0 Å². The lowest BCUT2D eigenvalue weighted by atomic mass is 9.68. The minimum absolute atomic E-state index is 0.0521. The Balaban J connectivity index is 1.69. The SMILES string of the molecule is COC[C@H]1[C@@H](NS(=O)(=O)c2cc(C)cc3cccnc23)[C@@H]2CCO[C@@H]21. The second-order valence-electron chi connectivity index (χ2n) is 6.89. The van der Waals surface area contributed by atoms with Crippen LogP contribution in [0.5, 0.6) is 0 Å². The van der Waals surface area contributed by atoms with Crippen LogP contribution in [-0.4, -0.2) is 45.9 Å². The van der Waals surface area contributed by atoms with Gasteiger partial charge in [-0.25, -0.2) is 13.1 Å². The van der Waals surface area contributed by atoms with Gasteiger partial charge in [0.15, 0.2) is 0 Å². The van der Waals surface area contributed by atoms with E-state index in [0.717, 1.165) is 17.4 Å². The van der Waals surface area contributed by atoms with Crippen LogP contribution < -0.4 is 4.72 Å². The molecule has 1 aromatic heterocycles. The Labute approximate surface area is 147 Å². The lowest BCUT2D eigenvalue weighted by Crippen LogP contribution is -2.62. The molecule has 0 amide bonds. The zero-order valence-electron chi connectivity index (χ0n) is 14.3. The number of aromatic nitrogens is 1. The van der Waals surface area contributed by atoms with E-state index in [4.69, 9.17) is 9.47 Å². The molecule has 2 heterocycles. The number of pyridine rings is 1. The van der Waals surface area contributed by atoms with E-state index in [-0.39, 0.29) is 28.9 Å². The van der Waals surface area contributed by atoms with Crippen LogP contribution in [0.15, 0.2) is 35.4 Å². The maximum Gasteiger partial charge on any atom is 0.243 e. The van der Waals surface area contributed by atoms with Crippen molar-refractivity contribution < 1.29 is 17.9 Å². The van der Waals surface area contributed by atoms with Gasteiger partial charge < -0.3 is 9.47 Å². The normalized spacial score (nSPS) is 28.7. The molecule has 7 heteroatoms. The van der Waals surface area contributed by atoms with E-state index < -0.39 is 10.0 Å². The minimum atomic E-state index is -3.68. The Kier molecular flexibility index (Phi) is 4.27. The van der Waals surface area contributed by atoms with Gasteiger partial charge in [-0.3, -0.25) is 4.98 Å². The first kappa shape index (κ1) is 16.9. The number of nitrogens with zero attached hydrogens (tertiary/aromatic N) is 1. The first-order valence-electron chi connectivity index (χ1n) is 8.49. The van der Waals surface area contributed by atoms with Gasteiger partial charge in [-0.1, -0.05) is 6.07 Å². The number of methoxy groups -OCH3 is 1. The molecule has 25 heavy (non-hydrogen) atoms. The summed E-state index contributed by atoms with van der Waals surface area (Å²) in [6.45, 7) is 3.06. The highest BCUT2D eigenvalue weighted by Crippen LogP contribution is 2.44. The smallest absolute Gasteiger partial charge is 0.243 e. The Morgan fingerprint density at radius 3 is 3.04 bits per heavy atom. The molecule has 0 bridgehead atoms. The van der Waals surface area contributed by atoms with Gasteiger partial charge >= 0.3 is 0 Å². The van der Waals surface area contributed by atoms with E-state index in [0.29, 0.717) is 18.7 Å². The molecule has 2 aliphatic rings. The van der Waals surface area contributed by atoms with Crippen molar-refractivity contribution in [1.82, 2.24) is 9.71 Å². The van der Waals surface area contributed by atoms with Crippen LogP contribution in [0.3, 0.4) is 0 Å². The van der Waals surface area contributed by atoms with Crippen LogP contribution in [0.4, 0.5) is 0 Å². The highest BCUT2D eigenvalue weighted by Gasteiger charge is 2.55. The van der Waals surface area contributed by atoms with E-state index in [9.17, 15) is 8.42 Å². The van der Waals surface area contributed by atoms with Crippen LogP contribution >= 0.6 is 0 Å². The summed E-state index contributed by atoms with van der Waals surface area (Å²) in [6.07, 6.45) is 2.60. The molecule has 1 aliphatic heterocycles. The molecule has 1 aromatic carbocycles. The molecule has 2 aromatic rings. The summed E-state index contributed by atoms with van der Waals surface area (Å²) in [6, 6.07) is 7.17. The van der Waals surface area contributed by atoms with Crippen molar-refractivity contribution in [2.24, 2.45) is 11.8 Å². The lowest BCUT2D eigenvalue weighted by Gasteiger charge is -2.47. The van der Waals surface area contributed by atoms with Gasteiger partial charge in [0.05, 0.1) is 18.2 Å². The zero-order chi connectivity index (χ0) is 17.6. The fraction of sp³-hybridized carbons (Fsp3) is 0.500. The molecule has 1 N–H and O–H groups in total. The summed E-state index contributed by atoms with van der Waals surface area (Å²) in [5, 5.41) is 0.826. The Morgan fingerprint density at radius 2 is 2.24 bits per heavy atom. The molecule has 0 unspecified atom stereocenters. The van der Waals surface area contributed by atoms with E-state index in [2.05, 4.69) is 9.71 Å². The molecule has 4 rings (SSSR count). The third-order valence-electron chi connectivity index (χ3n) is 5.28. The zero-order valence-corrected chi connectivity index (χ0v) is 15.1. The molecule has 0 spiro atoms. The first-order valence-corrected chi connectivity index (χ1v) is 9.98. The molecule has 1 saturated carbocycles. The van der Waals surface area contributed by atoms with E-state index in [1.165, 1.54) is 0 Å². The molecule has 6 nitrogen and oxygen atoms in total. The Hall–Kier alpha value is -1.54. The molecular weight excluding hydrogens is 340 g/mol. The van der Waals surface area contributed by atoms with Gasteiger partial charge in [-0.05, 0) is 37.1 Å². The summed E-state index contributed by atoms with van der Waals surface area (Å²) < 4.78 is 40.1. The van der Waals surface area contributed by atoms with Crippen molar-refractivity contribution in [2.75, 3.05) is 20.3 Å². The third-order valence-corrected chi connectivity index (χ3v) is 6.75. The predicted molar refractivity (Wildman–Crippen MR) is 93.8 cm³/mol. The molecule has 2 fully saturated rings. The molecular formula is C18H22N2O4S. The van der Waals surface area contributed by atoms with Gasteiger partial charge in [-0.15, -0.1) is 0 Å². The van der Waals surface area contributed by atoms with Crippen molar-refractivity contribution in [2.45, 2.75) is 30.4 Å².